The molecule has 3 aromatic rings. The molecule has 0 unspecified atom stereocenters. The maximum absolute atomic E-state index is 12.8. The van der Waals surface area contributed by atoms with Gasteiger partial charge in [-0.1, -0.05) is 6.07 Å². The van der Waals surface area contributed by atoms with Crippen LogP contribution in [0.5, 0.6) is 0 Å². The molecular weight excluding hydrogens is 360 g/mol. The topological polar surface area (TPSA) is 83.9 Å². The lowest BCUT2D eigenvalue weighted by atomic mass is 10.1. The number of nitrogens with zero attached hydrogens (tertiary/aromatic N) is 5. The molecule has 1 aliphatic rings. The van der Waals surface area contributed by atoms with Crippen LogP contribution in [0.3, 0.4) is 0 Å². The molecule has 0 aliphatic carbocycles. The van der Waals surface area contributed by atoms with Crippen molar-refractivity contribution in [1.82, 2.24) is 24.8 Å². The molecular formula is C19H18N6OS. The van der Waals surface area contributed by atoms with E-state index in [0.717, 1.165) is 29.2 Å². The van der Waals surface area contributed by atoms with Gasteiger partial charge < -0.3 is 10.2 Å². The molecule has 0 saturated carbocycles. The fraction of sp³-hybridized carbons (Fsp3) is 0.211. The number of hydrogen-bond donors (Lipinski definition) is 1. The van der Waals surface area contributed by atoms with Crippen LogP contribution in [0.4, 0.5) is 10.9 Å². The van der Waals surface area contributed by atoms with E-state index in [1.807, 2.05) is 22.4 Å². The Kier molecular flexibility index (Phi) is 5.15. The fourth-order valence-electron chi connectivity index (χ4n) is 3.13. The molecule has 1 atom stereocenters. The fourth-order valence-corrected chi connectivity index (χ4v) is 3.66. The first-order chi connectivity index (χ1) is 13.3. The summed E-state index contributed by atoms with van der Waals surface area (Å²) < 4.78 is 0. The summed E-state index contributed by atoms with van der Waals surface area (Å²) in [6.07, 6.45) is 13.7. The first-order valence-electron chi connectivity index (χ1n) is 8.67. The van der Waals surface area contributed by atoms with Crippen molar-refractivity contribution in [3.8, 4) is 0 Å². The largest absolute Gasteiger partial charge is 0.330 e. The molecule has 1 saturated heterocycles. The number of carbonyl (C=O) groups is 1. The van der Waals surface area contributed by atoms with Crippen molar-refractivity contribution in [3.63, 3.8) is 0 Å². The molecule has 0 aromatic carbocycles. The summed E-state index contributed by atoms with van der Waals surface area (Å²) in [6.45, 7) is 0.703. The highest BCUT2D eigenvalue weighted by molar-refractivity contribution is 7.13. The third kappa shape index (κ3) is 4.01. The molecule has 136 valence electrons. The van der Waals surface area contributed by atoms with E-state index in [1.165, 1.54) is 11.3 Å². The summed E-state index contributed by atoms with van der Waals surface area (Å²) in [5.74, 6) is 0.612. The summed E-state index contributed by atoms with van der Waals surface area (Å²) in [4.78, 5) is 31.9. The average Bonchev–Trinajstić information content (AvgIpc) is 3.39. The summed E-state index contributed by atoms with van der Waals surface area (Å²) in [7, 11) is 0. The zero-order valence-electron chi connectivity index (χ0n) is 14.5. The standard InChI is InChI=1S/C19H18N6OS/c26-16(6-5-14-3-1-7-20-13-14)25-11-2-4-15(25)17-18(22-9-8-21-17)24-19-23-10-12-27-19/h1,3,5-10,12-13,15H,2,4,11H2,(H,22,23,24)/b6-5+/t15-/m1/s1. The number of carbonyl (C=O) groups excluding carboxylic acids is 1. The van der Waals surface area contributed by atoms with E-state index in [-0.39, 0.29) is 11.9 Å². The molecule has 0 spiro atoms. The second-order valence-electron chi connectivity index (χ2n) is 6.06. The molecule has 3 aromatic heterocycles. The predicted molar refractivity (Wildman–Crippen MR) is 104 cm³/mol. The second kappa shape index (κ2) is 8.05. The molecule has 4 rings (SSSR count). The Morgan fingerprint density at radius 2 is 2.15 bits per heavy atom. The number of pyridine rings is 1. The van der Waals surface area contributed by atoms with Crippen molar-refractivity contribution in [3.05, 3.63) is 65.8 Å². The van der Waals surface area contributed by atoms with E-state index in [9.17, 15) is 4.79 Å². The summed E-state index contributed by atoms with van der Waals surface area (Å²) in [5, 5.41) is 5.87. The molecule has 27 heavy (non-hydrogen) atoms. The Bertz CT molecular complexity index is 928. The van der Waals surface area contributed by atoms with Gasteiger partial charge in [-0.2, -0.15) is 0 Å². The molecule has 1 N–H and O–H groups in total. The minimum Gasteiger partial charge on any atom is -0.330 e. The molecule has 1 amide bonds. The van der Waals surface area contributed by atoms with Crippen LogP contribution < -0.4 is 5.32 Å². The van der Waals surface area contributed by atoms with Crippen molar-refractivity contribution in [2.75, 3.05) is 11.9 Å². The van der Waals surface area contributed by atoms with E-state index in [2.05, 4.69) is 25.3 Å². The van der Waals surface area contributed by atoms with Crippen LogP contribution in [0.15, 0.2) is 54.6 Å². The number of nitrogens with one attached hydrogen (secondary N) is 1. The van der Waals surface area contributed by atoms with Gasteiger partial charge in [0, 0.05) is 49.0 Å². The van der Waals surface area contributed by atoms with Crippen LogP contribution in [0.2, 0.25) is 0 Å². The molecule has 0 bridgehead atoms. The highest BCUT2D eigenvalue weighted by Gasteiger charge is 2.32. The average molecular weight is 378 g/mol. The maximum Gasteiger partial charge on any atom is 0.247 e. The number of rotatable bonds is 5. The first-order valence-corrected chi connectivity index (χ1v) is 9.55. The summed E-state index contributed by atoms with van der Waals surface area (Å²) in [5.41, 5.74) is 1.67. The first kappa shape index (κ1) is 17.3. The SMILES string of the molecule is O=C(/C=C/c1cccnc1)N1CCC[C@@H]1c1nccnc1Nc1nccs1. The second-order valence-corrected chi connectivity index (χ2v) is 6.96. The highest BCUT2D eigenvalue weighted by atomic mass is 32.1. The van der Waals surface area contributed by atoms with Crippen molar-refractivity contribution in [2.45, 2.75) is 18.9 Å². The molecule has 0 radical (unpaired) electrons. The monoisotopic (exact) mass is 378 g/mol. The zero-order chi connectivity index (χ0) is 18.5. The van der Waals surface area contributed by atoms with Crippen LogP contribution >= 0.6 is 11.3 Å². The Hall–Kier alpha value is -3.13. The lowest BCUT2D eigenvalue weighted by Gasteiger charge is -2.24. The quantitative estimate of drug-likeness (QED) is 0.685. The van der Waals surface area contributed by atoms with E-state index in [4.69, 9.17) is 0 Å². The molecule has 1 aliphatic heterocycles. The van der Waals surface area contributed by atoms with Crippen LogP contribution in [0, 0.1) is 0 Å². The van der Waals surface area contributed by atoms with Gasteiger partial charge in [-0.3, -0.25) is 14.8 Å². The van der Waals surface area contributed by atoms with Gasteiger partial charge in [0.2, 0.25) is 5.91 Å². The minimum atomic E-state index is -0.104. The van der Waals surface area contributed by atoms with Gasteiger partial charge in [-0.15, -0.1) is 11.3 Å². The van der Waals surface area contributed by atoms with Gasteiger partial charge in [0.1, 0.15) is 5.69 Å². The summed E-state index contributed by atoms with van der Waals surface area (Å²) >= 11 is 1.49. The number of likely N-dealkylation sites (tertiary alicyclic amines) is 1. The minimum absolute atomic E-state index is 0.0350. The lowest BCUT2D eigenvalue weighted by Crippen LogP contribution is -2.30. The zero-order valence-corrected chi connectivity index (χ0v) is 15.3. The Balaban J connectivity index is 1.55. The van der Waals surface area contributed by atoms with Crippen LogP contribution in [0.1, 0.15) is 30.1 Å². The van der Waals surface area contributed by atoms with Gasteiger partial charge in [-0.05, 0) is 30.5 Å². The van der Waals surface area contributed by atoms with Crippen LogP contribution in [-0.4, -0.2) is 37.3 Å². The van der Waals surface area contributed by atoms with Crippen molar-refractivity contribution in [2.24, 2.45) is 0 Å². The lowest BCUT2D eigenvalue weighted by molar-refractivity contribution is -0.126. The number of anilines is 2. The van der Waals surface area contributed by atoms with Gasteiger partial charge in [0.15, 0.2) is 10.9 Å². The Morgan fingerprint density at radius 3 is 2.96 bits per heavy atom. The molecule has 1 fully saturated rings. The van der Waals surface area contributed by atoms with Gasteiger partial charge in [0.25, 0.3) is 0 Å². The molecule has 4 heterocycles. The molecule has 7 nitrogen and oxygen atoms in total. The van der Waals surface area contributed by atoms with Gasteiger partial charge in [0.05, 0.1) is 6.04 Å². The third-order valence-electron chi connectivity index (χ3n) is 4.34. The predicted octanol–water partition coefficient (Wildman–Crippen LogP) is 3.45. The van der Waals surface area contributed by atoms with E-state index in [0.29, 0.717) is 12.4 Å². The van der Waals surface area contributed by atoms with Crippen LogP contribution in [-0.2, 0) is 4.79 Å². The van der Waals surface area contributed by atoms with Crippen molar-refractivity contribution < 1.29 is 4.79 Å². The molecule has 8 heteroatoms. The van der Waals surface area contributed by atoms with E-state index in [1.54, 1.807) is 43.1 Å². The van der Waals surface area contributed by atoms with Gasteiger partial charge in [-0.25, -0.2) is 9.97 Å². The Morgan fingerprint density at radius 1 is 1.22 bits per heavy atom. The van der Waals surface area contributed by atoms with E-state index < -0.39 is 0 Å². The van der Waals surface area contributed by atoms with E-state index >= 15 is 0 Å². The Labute approximate surface area is 160 Å². The van der Waals surface area contributed by atoms with Gasteiger partial charge >= 0.3 is 0 Å². The highest BCUT2D eigenvalue weighted by Crippen LogP contribution is 2.35. The maximum atomic E-state index is 12.8. The number of amides is 1. The van der Waals surface area contributed by atoms with Crippen molar-refractivity contribution >= 4 is 34.3 Å². The number of aromatic nitrogens is 4. The van der Waals surface area contributed by atoms with Crippen LogP contribution in [0.25, 0.3) is 6.08 Å². The summed E-state index contributed by atoms with van der Waals surface area (Å²) in [6, 6.07) is 3.66. The van der Waals surface area contributed by atoms with Crippen molar-refractivity contribution in [1.29, 1.82) is 0 Å². The smallest absolute Gasteiger partial charge is 0.247 e. The third-order valence-corrected chi connectivity index (χ3v) is 5.03. The number of hydrogen-bond acceptors (Lipinski definition) is 7. The normalized spacial score (nSPS) is 16.7. The number of thiazole rings is 1.